The molecule has 1 saturated heterocycles. The molecule has 11 heteroatoms. The van der Waals surface area contributed by atoms with E-state index in [2.05, 4.69) is 10.2 Å². The van der Waals surface area contributed by atoms with E-state index < -0.39 is 12.0 Å². The molecule has 0 unspecified atom stereocenters. The molecule has 1 aromatic carbocycles. The van der Waals surface area contributed by atoms with Crippen LogP contribution in [0.25, 0.3) is 10.7 Å². The number of benzene rings is 1. The molecule has 31 heavy (non-hydrogen) atoms. The molecule has 1 aliphatic rings. The van der Waals surface area contributed by atoms with Crippen molar-refractivity contribution in [3.63, 3.8) is 0 Å². The van der Waals surface area contributed by atoms with E-state index in [-0.39, 0.29) is 22.9 Å². The highest BCUT2D eigenvalue weighted by Gasteiger charge is 2.33. The number of nitrogens with zero attached hydrogens (tertiary/aromatic N) is 4. The lowest BCUT2D eigenvalue weighted by molar-refractivity contribution is -0.140. The van der Waals surface area contributed by atoms with Crippen LogP contribution in [-0.2, 0) is 9.59 Å². The van der Waals surface area contributed by atoms with Gasteiger partial charge in [0.2, 0.25) is 5.91 Å². The Morgan fingerprint density at radius 3 is 2.81 bits per heavy atom. The zero-order chi connectivity index (χ0) is 22.0. The fraction of sp³-hybridized carbons (Fsp3) is 0.300. The number of rotatable bonds is 7. The van der Waals surface area contributed by atoms with Gasteiger partial charge < -0.3 is 10.0 Å². The Balaban J connectivity index is 1.53. The van der Waals surface area contributed by atoms with Gasteiger partial charge in [0.1, 0.15) is 17.2 Å². The van der Waals surface area contributed by atoms with Gasteiger partial charge in [-0.1, -0.05) is 36.0 Å². The van der Waals surface area contributed by atoms with E-state index in [0.29, 0.717) is 23.1 Å². The smallest absolute Gasteiger partial charge is 0.326 e. The summed E-state index contributed by atoms with van der Waals surface area (Å²) in [4.78, 5) is 27.1. The molecule has 7 nitrogen and oxygen atoms in total. The number of thioether (sulfide) groups is 2. The second kappa shape index (κ2) is 9.41. The zero-order valence-corrected chi connectivity index (χ0v) is 18.9. The van der Waals surface area contributed by atoms with Crippen molar-refractivity contribution >= 4 is 46.7 Å². The van der Waals surface area contributed by atoms with E-state index in [1.807, 2.05) is 17.5 Å². The van der Waals surface area contributed by atoms with E-state index in [1.54, 1.807) is 34.6 Å². The molecule has 1 amide bonds. The number of hydrogen-bond acceptors (Lipinski definition) is 7. The van der Waals surface area contributed by atoms with Crippen molar-refractivity contribution in [1.82, 2.24) is 19.7 Å². The molecule has 1 aliphatic heterocycles. The normalized spacial score (nSPS) is 17.1. The number of thiophene rings is 1. The van der Waals surface area contributed by atoms with Crippen molar-refractivity contribution in [1.29, 1.82) is 0 Å². The highest BCUT2D eigenvalue weighted by Crippen LogP contribution is 2.39. The summed E-state index contributed by atoms with van der Waals surface area (Å²) in [6.07, 6.45) is 0. The van der Waals surface area contributed by atoms with Gasteiger partial charge in [-0.3, -0.25) is 9.36 Å². The minimum absolute atomic E-state index is 0.0560. The van der Waals surface area contributed by atoms with Crippen LogP contribution in [0, 0.1) is 5.82 Å². The molecule has 0 saturated carbocycles. The lowest BCUT2D eigenvalue weighted by Gasteiger charge is -2.24. The van der Waals surface area contributed by atoms with Crippen LogP contribution in [0.4, 0.5) is 4.39 Å². The summed E-state index contributed by atoms with van der Waals surface area (Å²) in [5, 5.41) is 19.7. The number of carbonyl (C=O) groups excluding carboxylic acids is 1. The summed E-state index contributed by atoms with van der Waals surface area (Å²) in [7, 11) is 0. The molecule has 2 atom stereocenters. The molecule has 0 aliphatic carbocycles. The Morgan fingerprint density at radius 2 is 2.10 bits per heavy atom. The number of carboxylic acids is 1. The third-order valence-electron chi connectivity index (χ3n) is 4.86. The van der Waals surface area contributed by atoms with E-state index in [1.165, 1.54) is 29.2 Å². The number of aliphatic carboxylic acids is 1. The van der Waals surface area contributed by atoms with Crippen LogP contribution in [-0.4, -0.2) is 54.7 Å². The van der Waals surface area contributed by atoms with Crippen molar-refractivity contribution in [2.75, 3.05) is 18.1 Å². The lowest BCUT2D eigenvalue weighted by atomic mass is 10.2. The fourth-order valence-corrected chi connectivity index (χ4v) is 6.18. The Morgan fingerprint density at radius 1 is 1.29 bits per heavy atom. The van der Waals surface area contributed by atoms with Gasteiger partial charge in [0, 0.05) is 17.9 Å². The molecule has 0 spiro atoms. The predicted octanol–water partition coefficient (Wildman–Crippen LogP) is 4.16. The van der Waals surface area contributed by atoms with Crippen LogP contribution in [0.2, 0.25) is 0 Å². The number of aromatic nitrogens is 3. The SMILES string of the molecule is C[C@@H](C(=O)O)n1c(SCC(=O)N2CCS[C@H]2c2ccccc2F)nnc1-c1cccs1. The Kier molecular flexibility index (Phi) is 6.63. The first-order chi connectivity index (χ1) is 15.0. The van der Waals surface area contributed by atoms with Crippen LogP contribution >= 0.6 is 34.9 Å². The summed E-state index contributed by atoms with van der Waals surface area (Å²) in [5.74, 6) is -0.256. The minimum Gasteiger partial charge on any atom is -0.480 e. The van der Waals surface area contributed by atoms with Crippen molar-refractivity contribution in [2.45, 2.75) is 23.5 Å². The van der Waals surface area contributed by atoms with Gasteiger partial charge in [-0.25, -0.2) is 9.18 Å². The zero-order valence-electron chi connectivity index (χ0n) is 16.5. The summed E-state index contributed by atoms with van der Waals surface area (Å²) in [5.41, 5.74) is 0.492. The van der Waals surface area contributed by atoms with Crippen LogP contribution in [0.3, 0.4) is 0 Å². The van der Waals surface area contributed by atoms with Gasteiger partial charge in [0.15, 0.2) is 11.0 Å². The summed E-state index contributed by atoms with van der Waals surface area (Å²) < 4.78 is 15.8. The Bertz CT molecular complexity index is 1090. The van der Waals surface area contributed by atoms with Gasteiger partial charge >= 0.3 is 5.97 Å². The molecular weight excluding hydrogens is 459 g/mol. The van der Waals surface area contributed by atoms with Gasteiger partial charge in [-0.05, 0) is 24.4 Å². The summed E-state index contributed by atoms with van der Waals surface area (Å²) >= 11 is 4.11. The van der Waals surface area contributed by atoms with E-state index in [9.17, 15) is 19.1 Å². The van der Waals surface area contributed by atoms with Gasteiger partial charge in [0.05, 0.1) is 10.6 Å². The maximum absolute atomic E-state index is 14.3. The number of carboxylic acid groups (broad SMARTS) is 1. The predicted molar refractivity (Wildman–Crippen MR) is 120 cm³/mol. The maximum atomic E-state index is 14.3. The van der Waals surface area contributed by atoms with Crippen LogP contribution in [0.5, 0.6) is 0 Å². The topological polar surface area (TPSA) is 88.3 Å². The van der Waals surface area contributed by atoms with Crippen molar-refractivity contribution in [2.24, 2.45) is 0 Å². The van der Waals surface area contributed by atoms with E-state index in [0.717, 1.165) is 22.4 Å². The molecule has 162 valence electrons. The first-order valence-electron chi connectivity index (χ1n) is 9.47. The van der Waals surface area contributed by atoms with Crippen LogP contribution in [0.15, 0.2) is 46.9 Å². The van der Waals surface area contributed by atoms with Gasteiger partial charge in [-0.2, -0.15) is 0 Å². The van der Waals surface area contributed by atoms with Crippen molar-refractivity contribution in [3.05, 3.63) is 53.2 Å². The van der Waals surface area contributed by atoms with Gasteiger partial charge in [0.25, 0.3) is 0 Å². The maximum Gasteiger partial charge on any atom is 0.326 e. The average Bonchev–Trinajstić information content (AvgIpc) is 3.51. The summed E-state index contributed by atoms with van der Waals surface area (Å²) in [6.45, 7) is 2.09. The molecular formula is C20H19FN4O3S3. The van der Waals surface area contributed by atoms with E-state index in [4.69, 9.17) is 0 Å². The number of halogens is 1. The first kappa shape index (κ1) is 21.8. The first-order valence-corrected chi connectivity index (χ1v) is 12.4. The van der Waals surface area contributed by atoms with Gasteiger partial charge in [-0.15, -0.1) is 33.3 Å². The Labute approximate surface area is 190 Å². The molecule has 1 N–H and O–H groups in total. The quantitative estimate of drug-likeness (QED) is 0.510. The lowest BCUT2D eigenvalue weighted by Crippen LogP contribution is -2.32. The third kappa shape index (κ3) is 4.48. The second-order valence-corrected chi connectivity index (χ2v) is 9.87. The number of carbonyl (C=O) groups is 2. The van der Waals surface area contributed by atoms with Crippen molar-refractivity contribution < 1.29 is 19.1 Å². The van der Waals surface area contributed by atoms with Crippen LogP contribution < -0.4 is 0 Å². The summed E-state index contributed by atoms with van der Waals surface area (Å²) in [6, 6.07) is 9.29. The molecule has 3 aromatic rings. The highest BCUT2D eigenvalue weighted by atomic mass is 32.2. The highest BCUT2D eigenvalue weighted by molar-refractivity contribution is 8.00. The molecule has 3 heterocycles. The van der Waals surface area contributed by atoms with Crippen molar-refractivity contribution in [3.8, 4) is 10.7 Å². The average molecular weight is 479 g/mol. The number of amides is 1. The molecule has 0 radical (unpaired) electrons. The monoisotopic (exact) mass is 478 g/mol. The number of hydrogen-bond donors (Lipinski definition) is 1. The standard InChI is InChI=1S/C20H19FN4O3S3/c1-12(19(27)28)25-17(15-7-4-9-29-15)22-23-20(25)31-11-16(26)24-8-10-30-18(24)13-5-2-3-6-14(13)21/h2-7,9,12,18H,8,10-11H2,1H3,(H,27,28)/t12-,18-/m0/s1. The second-order valence-electron chi connectivity index (χ2n) is 6.79. The Hall–Kier alpha value is -2.37. The molecule has 0 bridgehead atoms. The minimum atomic E-state index is -1.01. The molecule has 2 aromatic heterocycles. The largest absolute Gasteiger partial charge is 0.480 e. The fourth-order valence-electron chi connectivity index (χ4n) is 3.28. The molecule has 4 rings (SSSR count). The third-order valence-corrected chi connectivity index (χ3v) is 7.89. The van der Waals surface area contributed by atoms with Crippen LogP contribution in [0.1, 0.15) is 23.9 Å². The van der Waals surface area contributed by atoms with E-state index >= 15 is 0 Å². The molecule has 1 fully saturated rings.